The smallest absolute Gasteiger partial charge is 0.410 e. The molecule has 0 spiro atoms. The first kappa shape index (κ1) is 15.3. The molecule has 3 heteroatoms. The van der Waals surface area contributed by atoms with Crippen LogP contribution in [-0.4, -0.2) is 29.7 Å². The maximum Gasteiger partial charge on any atom is 0.410 e. The second kappa shape index (κ2) is 5.94. The monoisotopic (exact) mass is 255 g/mol. The second-order valence-electron chi connectivity index (χ2n) is 6.48. The third-order valence-corrected chi connectivity index (χ3v) is 3.64. The number of likely N-dealkylation sites (tertiary alicyclic amines) is 1. The van der Waals surface area contributed by atoms with Crippen LogP contribution in [-0.2, 0) is 4.74 Å². The summed E-state index contributed by atoms with van der Waals surface area (Å²) >= 11 is 0. The minimum Gasteiger partial charge on any atom is -0.444 e. The van der Waals surface area contributed by atoms with Gasteiger partial charge in [0.2, 0.25) is 0 Å². The van der Waals surface area contributed by atoms with Gasteiger partial charge >= 0.3 is 6.09 Å². The molecule has 1 saturated carbocycles. The van der Waals surface area contributed by atoms with Crippen molar-refractivity contribution in [1.29, 1.82) is 0 Å². The lowest BCUT2D eigenvalue weighted by molar-refractivity contribution is 0.0278. The largest absolute Gasteiger partial charge is 0.444 e. The molecular weight excluding hydrogens is 226 g/mol. The van der Waals surface area contributed by atoms with E-state index in [0.717, 1.165) is 30.8 Å². The van der Waals surface area contributed by atoms with E-state index < -0.39 is 0 Å². The Hall–Kier alpha value is -0.730. The molecule has 2 unspecified atom stereocenters. The van der Waals surface area contributed by atoms with Gasteiger partial charge in [-0.3, -0.25) is 0 Å². The molecule has 3 nitrogen and oxygen atoms in total. The number of carbonyl (C=O) groups excluding carboxylic acids is 1. The van der Waals surface area contributed by atoms with Gasteiger partial charge in [-0.05, 0) is 51.4 Å². The van der Waals surface area contributed by atoms with E-state index in [2.05, 4.69) is 6.92 Å². The number of ether oxygens (including phenoxy) is 1. The first-order valence-corrected chi connectivity index (χ1v) is 7.33. The van der Waals surface area contributed by atoms with Gasteiger partial charge in [-0.25, -0.2) is 4.79 Å². The van der Waals surface area contributed by atoms with E-state index in [0.29, 0.717) is 0 Å². The van der Waals surface area contributed by atoms with E-state index in [1.54, 1.807) is 0 Å². The van der Waals surface area contributed by atoms with Gasteiger partial charge in [0.1, 0.15) is 5.60 Å². The second-order valence-corrected chi connectivity index (χ2v) is 6.48. The molecule has 2 rings (SSSR count). The molecule has 0 bridgehead atoms. The number of fused-ring (bicyclic) bond motifs is 1. The summed E-state index contributed by atoms with van der Waals surface area (Å²) in [6.07, 6.45) is 2.43. The van der Waals surface area contributed by atoms with Gasteiger partial charge in [0.25, 0.3) is 0 Å². The van der Waals surface area contributed by atoms with Gasteiger partial charge in [0, 0.05) is 13.1 Å². The fraction of sp³-hybridized carbons (Fsp3) is 0.933. The lowest BCUT2D eigenvalue weighted by atomic mass is 10.0. The molecule has 106 valence electrons. The van der Waals surface area contributed by atoms with E-state index in [1.165, 1.54) is 12.8 Å². The number of carbonyl (C=O) groups is 1. The molecule has 18 heavy (non-hydrogen) atoms. The summed E-state index contributed by atoms with van der Waals surface area (Å²) in [5.41, 5.74) is -0.373. The molecule has 2 aliphatic rings. The van der Waals surface area contributed by atoms with Crippen molar-refractivity contribution in [1.82, 2.24) is 4.90 Å². The quantitative estimate of drug-likeness (QED) is 0.656. The normalized spacial score (nSPS) is 30.6. The van der Waals surface area contributed by atoms with Crippen molar-refractivity contribution in [3.8, 4) is 0 Å². The average Bonchev–Trinajstić information content (AvgIpc) is 2.75. The van der Waals surface area contributed by atoms with Gasteiger partial charge in [-0.1, -0.05) is 20.8 Å². The minimum atomic E-state index is -0.373. The fourth-order valence-electron chi connectivity index (χ4n) is 3.08. The molecule has 0 radical (unpaired) electrons. The van der Waals surface area contributed by atoms with E-state index in [9.17, 15) is 4.79 Å². The van der Waals surface area contributed by atoms with E-state index in [4.69, 9.17) is 4.74 Å². The summed E-state index contributed by atoms with van der Waals surface area (Å²) in [4.78, 5) is 13.8. The minimum absolute atomic E-state index is 0.130. The van der Waals surface area contributed by atoms with Gasteiger partial charge in [-0.15, -0.1) is 0 Å². The summed E-state index contributed by atoms with van der Waals surface area (Å²) in [5.74, 6) is 2.29. The van der Waals surface area contributed by atoms with Crippen molar-refractivity contribution in [3.63, 3.8) is 0 Å². The maximum absolute atomic E-state index is 11.9. The van der Waals surface area contributed by atoms with Crippen molar-refractivity contribution >= 4 is 6.09 Å². The van der Waals surface area contributed by atoms with Gasteiger partial charge < -0.3 is 9.64 Å². The number of nitrogens with zero attached hydrogens (tertiary/aromatic N) is 1. The van der Waals surface area contributed by atoms with Gasteiger partial charge in [0.05, 0.1) is 0 Å². The molecule has 2 fully saturated rings. The summed E-state index contributed by atoms with van der Waals surface area (Å²) in [6, 6.07) is 0. The van der Waals surface area contributed by atoms with Crippen LogP contribution in [0.4, 0.5) is 4.79 Å². The lowest BCUT2D eigenvalue weighted by Gasteiger charge is -2.25. The molecule has 1 amide bonds. The average molecular weight is 255 g/mol. The number of hydrogen-bond acceptors (Lipinski definition) is 2. The molecule has 0 aromatic rings. The molecule has 1 aliphatic carbocycles. The Labute approximate surface area is 112 Å². The van der Waals surface area contributed by atoms with Crippen LogP contribution in [0.5, 0.6) is 0 Å². The van der Waals surface area contributed by atoms with Crippen molar-refractivity contribution in [2.75, 3.05) is 13.1 Å². The predicted octanol–water partition coefficient (Wildman–Crippen LogP) is 3.93. The molecule has 1 saturated heterocycles. The highest BCUT2D eigenvalue weighted by molar-refractivity contribution is 5.68. The van der Waals surface area contributed by atoms with Crippen LogP contribution in [0, 0.1) is 17.8 Å². The Balaban J connectivity index is 0.000000771. The van der Waals surface area contributed by atoms with Crippen LogP contribution < -0.4 is 0 Å². The van der Waals surface area contributed by atoms with Gasteiger partial charge in [-0.2, -0.15) is 0 Å². The summed E-state index contributed by atoms with van der Waals surface area (Å²) in [5, 5.41) is 0. The Bertz CT molecular complexity index is 269. The topological polar surface area (TPSA) is 29.5 Å². The third-order valence-electron chi connectivity index (χ3n) is 3.64. The standard InChI is InChI=1S/C13H23NO2.C2H6/c1-9-5-10-7-14(8-11(10)6-9)12(15)16-13(2,3)4;1-2/h9-11H,5-8H2,1-4H3;1-2H3. The first-order chi connectivity index (χ1) is 8.35. The van der Waals surface area contributed by atoms with E-state index in [-0.39, 0.29) is 11.7 Å². The zero-order valence-electron chi connectivity index (χ0n) is 12.8. The highest BCUT2D eigenvalue weighted by Gasteiger charge is 2.41. The highest BCUT2D eigenvalue weighted by Crippen LogP contribution is 2.41. The van der Waals surface area contributed by atoms with Crippen molar-refractivity contribution in [3.05, 3.63) is 0 Å². The van der Waals surface area contributed by atoms with Crippen molar-refractivity contribution in [2.45, 2.75) is 60.0 Å². The zero-order chi connectivity index (χ0) is 13.9. The van der Waals surface area contributed by atoms with Crippen LogP contribution in [0.1, 0.15) is 54.4 Å². The predicted molar refractivity (Wildman–Crippen MR) is 74.5 cm³/mol. The third kappa shape index (κ3) is 3.89. The molecule has 1 aliphatic heterocycles. The lowest BCUT2D eigenvalue weighted by Crippen LogP contribution is -2.36. The molecule has 0 N–H and O–H groups in total. The van der Waals surface area contributed by atoms with Crippen LogP contribution in [0.25, 0.3) is 0 Å². The number of hydrogen-bond donors (Lipinski definition) is 0. The zero-order valence-corrected chi connectivity index (χ0v) is 12.8. The van der Waals surface area contributed by atoms with Gasteiger partial charge in [0.15, 0.2) is 0 Å². The van der Waals surface area contributed by atoms with Crippen molar-refractivity contribution in [2.24, 2.45) is 17.8 Å². The number of rotatable bonds is 0. The van der Waals surface area contributed by atoms with Crippen LogP contribution >= 0.6 is 0 Å². The van der Waals surface area contributed by atoms with Crippen LogP contribution in [0.2, 0.25) is 0 Å². The maximum atomic E-state index is 11.9. The fourth-order valence-corrected chi connectivity index (χ4v) is 3.08. The van der Waals surface area contributed by atoms with Crippen molar-refractivity contribution < 1.29 is 9.53 Å². The molecule has 1 heterocycles. The molecule has 0 aromatic heterocycles. The number of amides is 1. The molecule has 2 atom stereocenters. The highest BCUT2D eigenvalue weighted by atomic mass is 16.6. The molecular formula is C15H29NO2. The Morgan fingerprint density at radius 2 is 1.56 bits per heavy atom. The Morgan fingerprint density at radius 1 is 1.11 bits per heavy atom. The molecule has 0 aromatic carbocycles. The summed E-state index contributed by atoms with van der Waals surface area (Å²) < 4.78 is 5.40. The van der Waals surface area contributed by atoms with Crippen LogP contribution in [0.3, 0.4) is 0 Å². The van der Waals surface area contributed by atoms with Crippen LogP contribution in [0.15, 0.2) is 0 Å². The Morgan fingerprint density at radius 3 is 1.94 bits per heavy atom. The summed E-state index contributed by atoms with van der Waals surface area (Å²) in [6.45, 7) is 13.9. The SMILES string of the molecule is CC.CC1CC2CN(C(=O)OC(C)(C)C)CC2C1. The Kier molecular flexibility index (Phi) is 5.06. The van der Waals surface area contributed by atoms with E-state index in [1.807, 2.05) is 39.5 Å². The summed E-state index contributed by atoms with van der Waals surface area (Å²) in [7, 11) is 0. The first-order valence-electron chi connectivity index (χ1n) is 7.33. The van der Waals surface area contributed by atoms with E-state index >= 15 is 0 Å².